The molecule has 26 heavy (non-hydrogen) atoms. The van der Waals surface area contributed by atoms with Gasteiger partial charge in [-0.2, -0.15) is 0 Å². The zero-order valence-corrected chi connectivity index (χ0v) is 16.8. The first-order valence-corrected chi connectivity index (χ1v) is 10.1. The Balaban J connectivity index is 1.90. The fourth-order valence-corrected chi connectivity index (χ4v) is 4.25. The van der Waals surface area contributed by atoms with Crippen molar-refractivity contribution in [1.29, 1.82) is 0 Å². The van der Waals surface area contributed by atoms with Gasteiger partial charge in [0.25, 0.3) is 0 Å². The average Bonchev–Trinajstić information content (AvgIpc) is 3.12. The van der Waals surface area contributed by atoms with Gasteiger partial charge in [-0.05, 0) is 55.9 Å². The van der Waals surface area contributed by atoms with E-state index in [0.29, 0.717) is 0 Å². The van der Waals surface area contributed by atoms with Crippen molar-refractivity contribution < 1.29 is 4.74 Å². The van der Waals surface area contributed by atoms with Crippen molar-refractivity contribution in [3.8, 4) is 10.6 Å². The zero-order valence-electron chi connectivity index (χ0n) is 16.0. The quantitative estimate of drug-likeness (QED) is 0.798. The third-order valence-electron chi connectivity index (χ3n) is 4.56. The second-order valence-electron chi connectivity index (χ2n) is 6.80. The Labute approximate surface area is 159 Å². The van der Waals surface area contributed by atoms with Gasteiger partial charge in [0, 0.05) is 5.56 Å². The third kappa shape index (κ3) is 3.89. The van der Waals surface area contributed by atoms with Crippen LogP contribution >= 0.6 is 11.3 Å². The summed E-state index contributed by atoms with van der Waals surface area (Å²) in [5, 5.41) is 10.8. The lowest BCUT2D eigenvalue weighted by Crippen LogP contribution is -2.27. The summed E-state index contributed by atoms with van der Waals surface area (Å²) in [7, 11) is 0. The van der Waals surface area contributed by atoms with Crippen molar-refractivity contribution in [2.24, 2.45) is 5.73 Å². The summed E-state index contributed by atoms with van der Waals surface area (Å²) in [6, 6.07) is 6.34. The molecular weight excluding hydrogens is 342 g/mol. The van der Waals surface area contributed by atoms with Crippen LogP contribution in [0, 0.1) is 0 Å². The first kappa shape index (κ1) is 18.8. The number of hydrogen-bond acceptors (Lipinski definition) is 5. The van der Waals surface area contributed by atoms with E-state index in [-0.39, 0.29) is 12.1 Å². The van der Waals surface area contributed by atoms with E-state index in [9.17, 15) is 0 Å². The maximum absolute atomic E-state index is 6.28. The summed E-state index contributed by atoms with van der Waals surface area (Å²) in [4.78, 5) is 0. The van der Waals surface area contributed by atoms with Crippen LogP contribution < -0.4 is 5.73 Å². The van der Waals surface area contributed by atoms with Crippen molar-refractivity contribution in [3.63, 3.8) is 0 Å². The lowest BCUT2D eigenvalue weighted by atomic mass is 9.97. The Morgan fingerprint density at radius 2 is 1.92 bits per heavy atom. The second kappa shape index (κ2) is 8.14. The molecule has 1 aromatic heterocycles. The molecule has 2 aromatic rings. The Bertz CT molecular complexity index is 836. The van der Waals surface area contributed by atoms with Gasteiger partial charge in [-0.15, -0.1) is 10.2 Å². The number of benzene rings is 1. The van der Waals surface area contributed by atoms with Crippen LogP contribution in [-0.4, -0.2) is 22.3 Å². The molecule has 1 unspecified atom stereocenters. The summed E-state index contributed by atoms with van der Waals surface area (Å²) >= 11 is 1.64. The molecule has 2 N–H and O–H groups in total. The van der Waals surface area contributed by atoms with E-state index in [0.717, 1.165) is 40.6 Å². The van der Waals surface area contributed by atoms with Gasteiger partial charge in [-0.1, -0.05) is 49.5 Å². The largest absolute Gasteiger partial charge is 0.494 e. The highest BCUT2D eigenvalue weighted by molar-refractivity contribution is 7.15. The van der Waals surface area contributed by atoms with Crippen LogP contribution in [0.1, 0.15) is 50.3 Å². The van der Waals surface area contributed by atoms with Gasteiger partial charge in [0.05, 0.1) is 12.1 Å². The fraction of sp³-hybridized carbons (Fsp3) is 0.429. The Hall–Kier alpha value is -1.98. The lowest BCUT2D eigenvalue weighted by molar-refractivity contribution is 0.133. The normalized spacial score (nSPS) is 17.2. The van der Waals surface area contributed by atoms with Crippen molar-refractivity contribution in [3.05, 3.63) is 52.2 Å². The number of aromatic nitrogens is 2. The molecule has 4 nitrogen and oxygen atoms in total. The molecule has 0 bridgehead atoms. The van der Waals surface area contributed by atoms with Gasteiger partial charge in [0.1, 0.15) is 15.8 Å². The van der Waals surface area contributed by atoms with E-state index < -0.39 is 0 Å². The van der Waals surface area contributed by atoms with E-state index in [1.54, 1.807) is 11.3 Å². The molecule has 1 aromatic carbocycles. The van der Waals surface area contributed by atoms with Gasteiger partial charge >= 0.3 is 0 Å². The highest BCUT2D eigenvalue weighted by atomic mass is 32.1. The van der Waals surface area contributed by atoms with Gasteiger partial charge in [-0.25, -0.2) is 0 Å². The zero-order chi connectivity index (χ0) is 18.7. The van der Waals surface area contributed by atoms with E-state index >= 15 is 0 Å². The maximum Gasteiger partial charge on any atom is 0.148 e. The van der Waals surface area contributed by atoms with Gasteiger partial charge in [-0.3, -0.25) is 0 Å². The van der Waals surface area contributed by atoms with Crippen LogP contribution in [0.25, 0.3) is 16.1 Å². The summed E-state index contributed by atoms with van der Waals surface area (Å²) in [5.41, 5.74) is 11.4. The SMILES string of the molecule is CCc1cccc(-c2nnc(C3=CC=C(OC(C)C)C(N)C3)s2)c1CC. The van der Waals surface area contributed by atoms with E-state index in [4.69, 9.17) is 10.5 Å². The summed E-state index contributed by atoms with van der Waals surface area (Å²) in [5.74, 6) is 0.845. The topological polar surface area (TPSA) is 61.0 Å². The van der Waals surface area contributed by atoms with Gasteiger partial charge < -0.3 is 10.5 Å². The first-order chi connectivity index (χ1) is 12.5. The number of nitrogens with two attached hydrogens (primary N) is 1. The Morgan fingerprint density at radius 1 is 1.15 bits per heavy atom. The molecule has 0 aliphatic heterocycles. The first-order valence-electron chi connectivity index (χ1n) is 9.31. The highest BCUT2D eigenvalue weighted by Crippen LogP contribution is 2.34. The molecule has 3 rings (SSSR count). The molecule has 1 aliphatic carbocycles. The van der Waals surface area contributed by atoms with E-state index in [1.807, 2.05) is 19.9 Å². The molecule has 0 radical (unpaired) electrons. The standard InChI is InChI=1S/C21H27N3OS/c1-5-14-8-7-9-17(16(14)6-2)21-24-23-20(26-21)15-10-11-19(18(22)12-15)25-13(3)4/h7-11,13,18H,5-6,12,22H2,1-4H3. The van der Waals surface area contributed by atoms with Crippen LogP contribution in [0.2, 0.25) is 0 Å². The predicted molar refractivity (Wildman–Crippen MR) is 109 cm³/mol. The minimum Gasteiger partial charge on any atom is -0.494 e. The van der Waals surface area contributed by atoms with Gasteiger partial charge in [0.2, 0.25) is 0 Å². The third-order valence-corrected chi connectivity index (χ3v) is 5.60. The number of allylic oxidation sites excluding steroid dienone is 2. The van der Waals surface area contributed by atoms with Crippen LogP contribution in [-0.2, 0) is 17.6 Å². The van der Waals surface area contributed by atoms with E-state index in [1.165, 1.54) is 16.7 Å². The van der Waals surface area contributed by atoms with Crippen molar-refractivity contribution in [2.45, 2.75) is 59.1 Å². The molecular formula is C21H27N3OS. The molecule has 0 spiro atoms. The summed E-state index contributed by atoms with van der Waals surface area (Å²) in [6.45, 7) is 8.42. The lowest BCUT2D eigenvalue weighted by Gasteiger charge is -2.22. The summed E-state index contributed by atoms with van der Waals surface area (Å²) in [6.07, 6.45) is 6.93. The van der Waals surface area contributed by atoms with Crippen LogP contribution in [0.15, 0.2) is 36.1 Å². The molecule has 0 amide bonds. The van der Waals surface area contributed by atoms with Crippen molar-refractivity contribution >= 4 is 16.9 Å². The number of hydrogen-bond donors (Lipinski definition) is 1. The molecule has 5 heteroatoms. The second-order valence-corrected chi connectivity index (χ2v) is 7.78. The number of ether oxygens (including phenoxy) is 1. The van der Waals surface area contributed by atoms with Crippen LogP contribution in [0.3, 0.4) is 0 Å². The van der Waals surface area contributed by atoms with Crippen molar-refractivity contribution in [2.75, 3.05) is 0 Å². The molecule has 138 valence electrons. The minimum atomic E-state index is -0.126. The van der Waals surface area contributed by atoms with Crippen LogP contribution in [0.5, 0.6) is 0 Å². The monoisotopic (exact) mass is 369 g/mol. The fourth-order valence-electron chi connectivity index (χ4n) is 3.31. The average molecular weight is 370 g/mol. The Morgan fingerprint density at radius 3 is 2.58 bits per heavy atom. The minimum absolute atomic E-state index is 0.126. The molecule has 1 atom stereocenters. The number of aryl methyl sites for hydroxylation is 1. The summed E-state index contributed by atoms with van der Waals surface area (Å²) < 4.78 is 5.78. The van der Waals surface area contributed by atoms with Gasteiger partial charge in [0.15, 0.2) is 0 Å². The predicted octanol–water partition coefficient (Wildman–Crippen LogP) is 4.75. The maximum atomic E-state index is 6.28. The smallest absolute Gasteiger partial charge is 0.148 e. The molecule has 1 heterocycles. The molecule has 0 saturated carbocycles. The van der Waals surface area contributed by atoms with Crippen molar-refractivity contribution in [1.82, 2.24) is 10.2 Å². The number of nitrogens with zero attached hydrogens (tertiary/aromatic N) is 2. The molecule has 0 saturated heterocycles. The molecule has 0 fully saturated rings. The van der Waals surface area contributed by atoms with E-state index in [2.05, 4.69) is 48.3 Å². The Kier molecular flexibility index (Phi) is 5.89. The number of rotatable bonds is 6. The molecule has 1 aliphatic rings. The highest BCUT2D eigenvalue weighted by Gasteiger charge is 2.21. The van der Waals surface area contributed by atoms with Crippen LogP contribution in [0.4, 0.5) is 0 Å².